The molecule has 0 saturated heterocycles. The summed E-state index contributed by atoms with van der Waals surface area (Å²) in [7, 11) is 0. The maximum atomic E-state index is 4.55. The SMILES string of the molecule is C1=[N+](c2ccccc2)c2ccccc2[N+]=1c1[c-]ccc2c1sc1ncccc12.Cc1c[c-]c(-c2cc(C)c(C)cn2)cc1.[Ir]. The fourth-order valence-corrected chi connectivity index (χ4v) is 6.29. The van der Waals surface area contributed by atoms with Gasteiger partial charge in [0.05, 0.1) is 0 Å². The average molecular weight is 765 g/mol. The molecular weight excluding hydrogens is 737 g/mol. The van der Waals surface area contributed by atoms with E-state index in [-0.39, 0.29) is 20.1 Å². The molecule has 0 spiro atoms. The number of benzene rings is 4. The summed E-state index contributed by atoms with van der Waals surface area (Å²) in [5, 5.41) is 2.39. The van der Waals surface area contributed by atoms with E-state index in [9.17, 15) is 0 Å². The van der Waals surface area contributed by atoms with Gasteiger partial charge in [0.1, 0.15) is 10.5 Å². The number of aryl methyl sites for hydroxylation is 3. The van der Waals surface area contributed by atoms with Gasteiger partial charge in [-0.1, -0.05) is 59.5 Å². The van der Waals surface area contributed by atoms with Crippen LogP contribution in [-0.4, -0.2) is 16.0 Å². The van der Waals surface area contributed by atoms with Gasteiger partial charge in [-0.15, -0.1) is 46.8 Å². The summed E-state index contributed by atoms with van der Waals surface area (Å²) in [6.07, 6.45) is 3.76. The van der Waals surface area contributed by atoms with E-state index in [1.165, 1.54) is 32.2 Å². The smallest absolute Gasteiger partial charge is 0.304 e. The van der Waals surface area contributed by atoms with E-state index in [4.69, 9.17) is 0 Å². The van der Waals surface area contributed by atoms with Gasteiger partial charge in [-0.25, -0.2) is 4.98 Å². The minimum Gasteiger partial charge on any atom is -0.304 e. The number of nitrogens with zero attached hydrogens (tertiary/aromatic N) is 4. The number of pyridine rings is 2. The second-order valence-electron chi connectivity index (χ2n) is 10.6. The molecule has 0 amide bonds. The van der Waals surface area contributed by atoms with Crippen molar-refractivity contribution >= 4 is 60.4 Å². The maximum Gasteiger partial charge on any atom is 0.501 e. The fourth-order valence-electron chi connectivity index (χ4n) is 5.16. The molecule has 6 heteroatoms. The Kier molecular flexibility index (Phi) is 8.43. The summed E-state index contributed by atoms with van der Waals surface area (Å²) in [6.45, 7) is 6.24. The minimum absolute atomic E-state index is 0. The molecule has 7 aromatic rings. The van der Waals surface area contributed by atoms with Crippen LogP contribution in [0.3, 0.4) is 0 Å². The second-order valence-corrected chi connectivity index (χ2v) is 11.6. The van der Waals surface area contributed by atoms with Crippen molar-refractivity contribution in [3.8, 4) is 11.3 Å². The summed E-state index contributed by atoms with van der Waals surface area (Å²) >= 11 is 1.70. The van der Waals surface area contributed by atoms with Gasteiger partial charge in [0.15, 0.2) is 0 Å². The van der Waals surface area contributed by atoms with Gasteiger partial charge < -0.3 is 4.98 Å². The molecule has 0 unspecified atom stereocenters. The first-order chi connectivity index (χ1) is 21.1. The second kappa shape index (κ2) is 12.6. The van der Waals surface area contributed by atoms with Gasteiger partial charge >= 0.3 is 6.01 Å². The molecule has 4 heterocycles. The number of para-hydroxylation sites is 3. The minimum atomic E-state index is 0. The van der Waals surface area contributed by atoms with E-state index < -0.39 is 0 Å². The molecule has 0 N–H and O–H groups in total. The van der Waals surface area contributed by atoms with Crippen molar-refractivity contribution in [2.24, 2.45) is 0 Å². The van der Waals surface area contributed by atoms with Crippen molar-refractivity contribution < 1.29 is 20.1 Å². The Bertz CT molecular complexity index is 2200. The summed E-state index contributed by atoms with van der Waals surface area (Å²) in [5.74, 6) is 0. The zero-order valence-electron chi connectivity index (χ0n) is 24.5. The van der Waals surface area contributed by atoms with Crippen molar-refractivity contribution in [2.75, 3.05) is 0 Å². The molecule has 1 radical (unpaired) electrons. The Balaban J connectivity index is 0.000000183. The van der Waals surface area contributed by atoms with Crippen LogP contribution in [0.2, 0.25) is 0 Å². The molecule has 3 aromatic heterocycles. The van der Waals surface area contributed by atoms with E-state index in [0.717, 1.165) is 38.8 Å². The van der Waals surface area contributed by atoms with Gasteiger partial charge in [0.25, 0.3) is 11.4 Å². The third kappa shape index (κ3) is 5.57. The van der Waals surface area contributed by atoms with Crippen molar-refractivity contribution in [2.45, 2.75) is 20.8 Å². The largest absolute Gasteiger partial charge is 0.501 e. The van der Waals surface area contributed by atoms with Crippen LogP contribution in [0.4, 0.5) is 22.7 Å². The predicted molar refractivity (Wildman–Crippen MR) is 179 cm³/mol. The Labute approximate surface area is 274 Å². The number of aromatic nitrogens is 2. The molecule has 0 aliphatic carbocycles. The van der Waals surface area contributed by atoms with Crippen LogP contribution in [-0.2, 0) is 20.1 Å². The van der Waals surface area contributed by atoms with E-state index in [0.29, 0.717) is 0 Å². The van der Waals surface area contributed by atoms with Crippen molar-refractivity contribution in [1.82, 2.24) is 19.1 Å². The topological polar surface area (TPSA) is 31.8 Å². The normalized spacial score (nSPS) is 11.7. The number of hydrogen-bond donors (Lipinski definition) is 0. The number of hydrogen-bond acceptors (Lipinski definition) is 3. The molecule has 1 aliphatic rings. The van der Waals surface area contributed by atoms with Crippen LogP contribution in [0, 0.1) is 32.9 Å². The molecule has 0 saturated carbocycles. The molecule has 4 aromatic carbocycles. The van der Waals surface area contributed by atoms with Crippen molar-refractivity contribution in [3.05, 3.63) is 144 Å². The number of rotatable bonds is 3. The van der Waals surface area contributed by atoms with Gasteiger partial charge in [-0.05, 0) is 45.8 Å². The van der Waals surface area contributed by atoms with Crippen LogP contribution >= 0.6 is 11.3 Å². The van der Waals surface area contributed by atoms with E-state index in [2.05, 4.69) is 125 Å². The summed E-state index contributed by atoms with van der Waals surface area (Å²) in [5.41, 5.74) is 10.1. The quantitative estimate of drug-likeness (QED) is 0.133. The summed E-state index contributed by atoms with van der Waals surface area (Å²) in [4.78, 5) is 10.0. The molecule has 1 aliphatic heterocycles. The fraction of sp³-hybridized carbons (Fsp3) is 0.0789. The third-order valence-electron chi connectivity index (χ3n) is 7.61. The van der Waals surface area contributed by atoms with E-state index in [1.54, 1.807) is 11.3 Å². The first kappa shape index (κ1) is 29.5. The molecule has 4 nitrogen and oxygen atoms in total. The van der Waals surface area contributed by atoms with Gasteiger partial charge in [0.2, 0.25) is 5.69 Å². The summed E-state index contributed by atoms with van der Waals surface area (Å²) < 4.78 is 5.39. The van der Waals surface area contributed by atoms with Crippen molar-refractivity contribution in [1.29, 1.82) is 0 Å². The standard InChI is InChI=1S/C24H14N3S.C14H14N.Ir/c1-2-8-17(9-3-1)26-16-27(21-13-5-4-12-20(21)26)22-14-6-10-18-19-11-7-15-25-24(19)28-23(18)22;1-10-4-6-13(7-5-10)14-8-11(2)12(3)9-15-14;/h1-13,15H;4-6,8-9H,1-3H3;/q+1;-1;. The Morgan fingerprint density at radius 3 is 2.25 bits per heavy atom. The van der Waals surface area contributed by atoms with Crippen LogP contribution in [0.15, 0.2) is 116 Å². The summed E-state index contributed by atoms with van der Waals surface area (Å²) in [6, 6.07) is 45.4. The van der Waals surface area contributed by atoms with Crippen LogP contribution < -0.4 is 9.15 Å². The molecule has 0 bridgehead atoms. The zero-order valence-corrected chi connectivity index (χ0v) is 27.7. The van der Waals surface area contributed by atoms with Crippen LogP contribution in [0.25, 0.3) is 31.6 Å². The molecule has 0 atom stereocenters. The Hall–Kier alpha value is -4.57. The predicted octanol–water partition coefficient (Wildman–Crippen LogP) is 9.58. The molecule has 0 fully saturated rings. The van der Waals surface area contributed by atoms with Gasteiger partial charge in [0, 0.05) is 56.8 Å². The van der Waals surface area contributed by atoms with Crippen LogP contribution in [0.1, 0.15) is 16.7 Å². The maximum absolute atomic E-state index is 4.55. The third-order valence-corrected chi connectivity index (χ3v) is 8.74. The van der Waals surface area contributed by atoms with Crippen LogP contribution in [0.5, 0.6) is 0 Å². The van der Waals surface area contributed by atoms with E-state index >= 15 is 0 Å². The Morgan fingerprint density at radius 2 is 1.50 bits per heavy atom. The number of thiophene rings is 1. The van der Waals surface area contributed by atoms with E-state index in [1.807, 2.05) is 48.8 Å². The molecular formula is C38H28IrN4S. The van der Waals surface area contributed by atoms with Gasteiger partial charge in [-0.3, -0.25) is 0 Å². The first-order valence-electron chi connectivity index (χ1n) is 14.2. The zero-order chi connectivity index (χ0) is 29.3. The van der Waals surface area contributed by atoms with Gasteiger partial charge in [-0.2, -0.15) is 23.5 Å². The molecule has 8 rings (SSSR count). The molecule has 44 heavy (non-hydrogen) atoms. The average Bonchev–Trinajstić information content (AvgIpc) is 3.63. The first-order valence-corrected chi connectivity index (χ1v) is 15.0. The van der Waals surface area contributed by atoms with Crippen molar-refractivity contribution in [3.63, 3.8) is 0 Å². The Morgan fingerprint density at radius 1 is 0.727 bits per heavy atom. The molecule has 215 valence electrons. The monoisotopic (exact) mass is 765 g/mol. The number of fused-ring (bicyclic) bond motifs is 4.